The van der Waals surface area contributed by atoms with Crippen molar-refractivity contribution in [3.05, 3.63) is 35.4 Å². The highest BCUT2D eigenvalue weighted by atomic mass is 15.1. The van der Waals surface area contributed by atoms with E-state index >= 15 is 0 Å². The Hall–Kier alpha value is -0.860. The van der Waals surface area contributed by atoms with E-state index < -0.39 is 0 Å². The zero-order valence-corrected chi connectivity index (χ0v) is 11.9. The summed E-state index contributed by atoms with van der Waals surface area (Å²) in [4.78, 5) is 2.49. The molecule has 1 aliphatic carbocycles. The summed E-state index contributed by atoms with van der Waals surface area (Å²) in [6.07, 6.45) is 4.07. The van der Waals surface area contributed by atoms with Crippen LogP contribution < -0.4 is 5.32 Å². The number of rotatable bonds is 7. The van der Waals surface area contributed by atoms with E-state index in [4.69, 9.17) is 0 Å². The molecule has 1 N–H and O–H groups in total. The van der Waals surface area contributed by atoms with Crippen molar-refractivity contribution in [3.8, 4) is 0 Å². The molecular formula is C16H26N2. The Labute approximate surface area is 111 Å². The standard InChI is InChI=1S/C16H26N2/c1-13-6-4-5-7-15(13)16(17-2)10-11-18(3)12-14-8-9-14/h4-7,14,16-17H,8-12H2,1-3H3. The summed E-state index contributed by atoms with van der Waals surface area (Å²) < 4.78 is 0. The first-order valence-corrected chi connectivity index (χ1v) is 7.12. The average Bonchev–Trinajstić information content (AvgIpc) is 3.16. The smallest absolute Gasteiger partial charge is 0.0332 e. The van der Waals surface area contributed by atoms with E-state index in [1.807, 2.05) is 0 Å². The lowest BCUT2D eigenvalue weighted by Crippen LogP contribution is -2.27. The minimum Gasteiger partial charge on any atom is -0.313 e. The predicted octanol–water partition coefficient (Wildman–Crippen LogP) is 2.99. The maximum absolute atomic E-state index is 3.46. The molecule has 1 atom stereocenters. The van der Waals surface area contributed by atoms with Crippen molar-refractivity contribution in [2.75, 3.05) is 27.2 Å². The topological polar surface area (TPSA) is 15.3 Å². The normalized spacial score (nSPS) is 17.1. The van der Waals surface area contributed by atoms with Crippen molar-refractivity contribution < 1.29 is 0 Å². The lowest BCUT2D eigenvalue weighted by atomic mass is 9.99. The molecule has 2 heteroatoms. The molecule has 100 valence electrons. The van der Waals surface area contributed by atoms with Crippen LogP contribution >= 0.6 is 0 Å². The molecule has 1 aliphatic rings. The highest BCUT2D eigenvalue weighted by molar-refractivity contribution is 5.28. The number of nitrogens with one attached hydrogen (secondary N) is 1. The van der Waals surface area contributed by atoms with Crippen LogP contribution in [0, 0.1) is 12.8 Å². The van der Waals surface area contributed by atoms with E-state index in [9.17, 15) is 0 Å². The Morgan fingerprint density at radius 3 is 2.67 bits per heavy atom. The third kappa shape index (κ3) is 3.82. The number of aryl methyl sites for hydroxylation is 1. The van der Waals surface area contributed by atoms with Gasteiger partial charge < -0.3 is 10.2 Å². The van der Waals surface area contributed by atoms with Crippen molar-refractivity contribution >= 4 is 0 Å². The Morgan fingerprint density at radius 2 is 2.06 bits per heavy atom. The fourth-order valence-electron chi connectivity index (χ4n) is 2.62. The van der Waals surface area contributed by atoms with Crippen molar-refractivity contribution in [3.63, 3.8) is 0 Å². The molecule has 0 amide bonds. The van der Waals surface area contributed by atoms with E-state index in [0.29, 0.717) is 6.04 Å². The molecule has 0 aliphatic heterocycles. The van der Waals surface area contributed by atoms with Crippen molar-refractivity contribution in [1.82, 2.24) is 10.2 Å². The second-order valence-corrected chi connectivity index (χ2v) is 5.69. The lowest BCUT2D eigenvalue weighted by molar-refractivity contribution is 0.299. The highest BCUT2D eigenvalue weighted by Gasteiger charge is 2.23. The van der Waals surface area contributed by atoms with E-state index in [1.54, 1.807) is 0 Å². The van der Waals surface area contributed by atoms with Gasteiger partial charge in [0.15, 0.2) is 0 Å². The average molecular weight is 246 g/mol. The summed E-state index contributed by atoms with van der Waals surface area (Å²) in [5.74, 6) is 0.987. The molecular weight excluding hydrogens is 220 g/mol. The van der Waals surface area contributed by atoms with Crippen LogP contribution in [0.25, 0.3) is 0 Å². The first-order chi connectivity index (χ1) is 8.70. The minimum absolute atomic E-state index is 0.479. The predicted molar refractivity (Wildman–Crippen MR) is 77.8 cm³/mol. The second kappa shape index (κ2) is 6.35. The van der Waals surface area contributed by atoms with Gasteiger partial charge in [-0.1, -0.05) is 24.3 Å². The molecule has 0 saturated heterocycles. The molecule has 1 fully saturated rings. The van der Waals surface area contributed by atoms with Gasteiger partial charge in [0.25, 0.3) is 0 Å². The highest BCUT2D eigenvalue weighted by Crippen LogP contribution is 2.29. The van der Waals surface area contributed by atoms with Gasteiger partial charge in [-0.3, -0.25) is 0 Å². The van der Waals surface area contributed by atoms with Crippen molar-refractivity contribution in [1.29, 1.82) is 0 Å². The quantitative estimate of drug-likeness (QED) is 0.795. The molecule has 0 spiro atoms. The van der Waals surface area contributed by atoms with E-state index in [0.717, 1.165) is 5.92 Å². The van der Waals surface area contributed by atoms with Crippen LogP contribution in [-0.4, -0.2) is 32.1 Å². The van der Waals surface area contributed by atoms with Gasteiger partial charge in [-0.15, -0.1) is 0 Å². The van der Waals surface area contributed by atoms with Crippen LogP contribution in [0.3, 0.4) is 0 Å². The molecule has 0 radical (unpaired) electrons. The Balaban J connectivity index is 1.86. The summed E-state index contributed by atoms with van der Waals surface area (Å²) in [6.45, 7) is 4.66. The number of nitrogens with zero attached hydrogens (tertiary/aromatic N) is 1. The van der Waals surface area contributed by atoms with Gasteiger partial charge in [0.05, 0.1) is 0 Å². The summed E-state index contributed by atoms with van der Waals surface area (Å²) in [5.41, 5.74) is 2.83. The van der Waals surface area contributed by atoms with Crippen molar-refractivity contribution in [2.24, 2.45) is 5.92 Å². The van der Waals surface area contributed by atoms with Crippen LogP contribution in [0.4, 0.5) is 0 Å². The van der Waals surface area contributed by atoms with Gasteiger partial charge >= 0.3 is 0 Å². The van der Waals surface area contributed by atoms with Gasteiger partial charge in [-0.25, -0.2) is 0 Å². The lowest BCUT2D eigenvalue weighted by Gasteiger charge is -2.23. The van der Waals surface area contributed by atoms with Crippen LogP contribution in [0.15, 0.2) is 24.3 Å². The maximum Gasteiger partial charge on any atom is 0.0332 e. The molecule has 0 aromatic heterocycles. The second-order valence-electron chi connectivity index (χ2n) is 5.69. The Bertz CT molecular complexity index is 371. The van der Waals surface area contributed by atoms with Gasteiger partial charge in [-0.2, -0.15) is 0 Å². The third-order valence-electron chi connectivity index (χ3n) is 3.98. The Kier molecular flexibility index (Phi) is 4.79. The molecule has 1 aromatic carbocycles. The van der Waals surface area contributed by atoms with Crippen LogP contribution in [0.1, 0.15) is 36.4 Å². The molecule has 2 nitrogen and oxygen atoms in total. The summed E-state index contributed by atoms with van der Waals surface area (Å²) >= 11 is 0. The molecule has 0 bridgehead atoms. The zero-order valence-electron chi connectivity index (χ0n) is 11.9. The molecule has 0 heterocycles. The first kappa shape index (κ1) is 13.6. The fourth-order valence-corrected chi connectivity index (χ4v) is 2.62. The third-order valence-corrected chi connectivity index (χ3v) is 3.98. The Morgan fingerprint density at radius 1 is 1.33 bits per heavy atom. The van der Waals surface area contributed by atoms with Crippen molar-refractivity contribution in [2.45, 2.75) is 32.2 Å². The first-order valence-electron chi connectivity index (χ1n) is 7.12. The maximum atomic E-state index is 3.46. The largest absolute Gasteiger partial charge is 0.313 e. The molecule has 1 unspecified atom stereocenters. The van der Waals surface area contributed by atoms with Crippen LogP contribution in [-0.2, 0) is 0 Å². The number of hydrogen-bond donors (Lipinski definition) is 1. The minimum atomic E-state index is 0.479. The molecule has 1 saturated carbocycles. The van der Waals surface area contributed by atoms with E-state index in [1.165, 1.54) is 43.5 Å². The molecule has 18 heavy (non-hydrogen) atoms. The number of benzene rings is 1. The van der Waals surface area contributed by atoms with E-state index in [2.05, 4.69) is 55.5 Å². The van der Waals surface area contributed by atoms with Gasteiger partial charge in [0.2, 0.25) is 0 Å². The van der Waals surface area contributed by atoms with Crippen LogP contribution in [0.2, 0.25) is 0 Å². The number of hydrogen-bond acceptors (Lipinski definition) is 2. The van der Waals surface area contributed by atoms with E-state index in [-0.39, 0.29) is 0 Å². The molecule has 2 rings (SSSR count). The SMILES string of the molecule is CNC(CCN(C)CC1CC1)c1ccccc1C. The van der Waals surface area contributed by atoms with Gasteiger partial charge in [-0.05, 0) is 63.9 Å². The van der Waals surface area contributed by atoms with Gasteiger partial charge in [0, 0.05) is 12.6 Å². The monoisotopic (exact) mass is 246 g/mol. The van der Waals surface area contributed by atoms with Crippen LogP contribution in [0.5, 0.6) is 0 Å². The molecule has 1 aromatic rings. The summed E-state index contributed by atoms with van der Waals surface area (Å²) in [5, 5.41) is 3.46. The summed E-state index contributed by atoms with van der Waals surface area (Å²) in [7, 11) is 4.32. The van der Waals surface area contributed by atoms with Gasteiger partial charge in [0.1, 0.15) is 0 Å². The summed E-state index contributed by atoms with van der Waals surface area (Å²) in [6, 6.07) is 9.18. The fraction of sp³-hybridized carbons (Fsp3) is 0.625. The zero-order chi connectivity index (χ0) is 13.0.